The number of allylic oxidation sites excluding steroid dienone is 2. The summed E-state index contributed by atoms with van der Waals surface area (Å²) in [4.78, 5) is 22.0. The molecule has 3 atom stereocenters. The van der Waals surface area contributed by atoms with Crippen molar-refractivity contribution in [2.24, 2.45) is 17.8 Å². The van der Waals surface area contributed by atoms with Crippen molar-refractivity contribution in [2.45, 2.75) is 77.6 Å². The largest absolute Gasteiger partial charge is 0.481 e. The van der Waals surface area contributed by atoms with Crippen molar-refractivity contribution in [1.82, 2.24) is 0 Å². The van der Waals surface area contributed by atoms with Crippen LogP contribution in [0.15, 0.2) is 12.2 Å². The fourth-order valence-electron chi connectivity index (χ4n) is 3.46. The lowest BCUT2D eigenvalue weighted by Crippen LogP contribution is -2.28. The average molecular weight is 324 g/mol. The summed E-state index contributed by atoms with van der Waals surface area (Å²) in [5.41, 5.74) is 0. The summed E-state index contributed by atoms with van der Waals surface area (Å²) in [6.07, 6.45) is 14.6. The molecule has 0 heterocycles. The quantitative estimate of drug-likeness (QED) is 0.396. The highest BCUT2D eigenvalue weighted by molar-refractivity contribution is 5.71. The third-order valence-corrected chi connectivity index (χ3v) is 4.88. The Balaban J connectivity index is 2.28. The molecule has 4 nitrogen and oxygen atoms in total. The Hall–Kier alpha value is -1.32. The molecule has 0 aliphatic heterocycles. The van der Waals surface area contributed by atoms with Crippen LogP contribution in [0.1, 0.15) is 77.6 Å². The molecule has 0 bridgehead atoms. The second-order valence-corrected chi connectivity index (χ2v) is 6.83. The van der Waals surface area contributed by atoms with Gasteiger partial charge in [-0.1, -0.05) is 57.6 Å². The highest BCUT2D eigenvalue weighted by Crippen LogP contribution is 2.34. The number of carboxylic acid groups (broad SMARTS) is 2. The van der Waals surface area contributed by atoms with Gasteiger partial charge in [0.1, 0.15) is 0 Å². The molecular weight excluding hydrogens is 292 g/mol. The normalized spacial score (nSPS) is 23.8. The first-order valence-corrected chi connectivity index (χ1v) is 9.17. The van der Waals surface area contributed by atoms with E-state index in [1.54, 1.807) is 0 Å². The second-order valence-electron chi connectivity index (χ2n) is 6.83. The molecule has 0 fully saturated rings. The zero-order valence-corrected chi connectivity index (χ0v) is 14.4. The third kappa shape index (κ3) is 8.19. The first-order chi connectivity index (χ1) is 11.0. The van der Waals surface area contributed by atoms with Crippen molar-refractivity contribution in [3.8, 4) is 0 Å². The van der Waals surface area contributed by atoms with E-state index in [0.717, 1.165) is 57.8 Å². The van der Waals surface area contributed by atoms with E-state index in [4.69, 9.17) is 5.11 Å². The Labute approximate surface area is 140 Å². The van der Waals surface area contributed by atoms with Crippen LogP contribution < -0.4 is 0 Å². The van der Waals surface area contributed by atoms with Crippen LogP contribution in [-0.4, -0.2) is 22.2 Å². The van der Waals surface area contributed by atoms with E-state index in [2.05, 4.69) is 19.1 Å². The van der Waals surface area contributed by atoms with Crippen LogP contribution in [0.4, 0.5) is 0 Å². The molecule has 0 aromatic rings. The molecule has 0 aromatic carbocycles. The fraction of sp³-hybridized carbons (Fsp3) is 0.789. The van der Waals surface area contributed by atoms with Gasteiger partial charge in [0.25, 0.3) is 0 Å². The number of carbonyl (C=O) groups is 2. The van der Waals surface area contributed by atoms with Crippen LogP contribution in [0, 0.1) is 17.8 Å². The number of rotatable bonds is 12. The summed E-state index contributed by atoms with van der Waals surface area (Å²) in [5, 5.41) is 18.1. The van der Waals surface area contributed by atoms with Gasteiger partial charge in [-0.15, -0.1) is 0 Å². The summed E-state index contributed by atoms with van der Waals surface area (Å²) in [6.45, 7) is 2.17. The smallest absolute Gasteiger partial charge is 0.307 e. The van der Waals surface area contributed by atoms with Gasteiger partial charge in [-0.3, -0.25) is 9.59 Å². The van der Waals surface area contributed by atoms with Crippen LogP contribution >= 0.6 is 0 Å². The van der Waals surface area contributed by atoms with E-state index in [1.165, 1.54) is 6.42 Å². The van der Waals surface area contributed by atoms with Crippen LogP contribution in [-0.2, 0) is 9.59 Å². The molecule has 4 heteroatoms. The number of hydrogen-bond acceptors (Lipinski definition) is 2. The van der Waals surface area contributed by atoms with E-state index in [1.807, 2.05) is 0 Å². The molecule has 0 saturated carbocycles. The molecule has 23 heavy (non-hydrogen) atoms. The molecule has 1 rings (SSSR count). The molecule has 0 amide bonds. The summed E-state index contributed by atoms with van der Waals surface area (Å²) >= 11 is 0. The Morgan fingerprint density at radius 3 is 2.30 bits per heavy atom. The fourth-order valence-corrected chi connectivity index (χ4v) is 3.46. The van der Waals surface area contributed by atoms with E-state index in [0.29, 0.717) is 5.92 Å². The molecule has 132 valence electrons. The Bertz CT molecular complexity index is 389. The van der Waals surface area contributed by atoms with Crippen LogP contribution in [0.3, 0.4) is 0 Å². The first-order valence-electron chi connectivity index (χ1n) is 9.17. The standard InChI is InChI=1S/C19H32O4/c1-2-3-9-15-12-13-16(17(14-15)19(22)23)10-7-5-4-6-8-11-18(20)21/h12-13,15-17H,2-11,14H2,1H3,(H,20,21)(H,22,23). The lowest BCUT2D eigenvalue weighted by molar-refractivity contribution is -0.144. The monoisotopic (exact) mass is 324 g/mol. The van der Waals surface area contributed by atoms with Crippen molar-refractivity contribution < 1.29 is 19.8 Å². The Morgan fingerprint density at radius 2 is 1.65 bits per heavy atom. The van der Waals surface area contributed by atoms with Gasteiger partial charge in [0.15, 0.2) is 0 Å². The predicted molar refractivity (Wildman–Crippen MR) is 91.3 cm³/mol. The van der Waals surface area contributed by atoms with Gasteiger partial charge in [-0.25, -0.2) is 0 Å². The zero-order chi connectivity index (χ0) is 17.1. The second kappa shape index (κ2) is 11.3. The van der Waals surface area contributed by atoms with Gasteiger partial charge in [0.05, 0.1) is 5.92 Å². The maximum atomic E-state index is 11.5. The minimum absolute atomic E-state index is 0.171. The van der Waals surface area contributed by atoms with Gasteiger partial charge in [-0.2, -0.15) is 0 Å². The molecule has 0 spiro atoms. The highest BCUT2D eigenvalue weighted by atomic mass is 16.4. The Kier molecular flexibility index (Phi) is 9.65. The van der Waals surface area contributed by atoms with Gasteiger partial charge in [0.2, 0.25) is 0 Å². The molecule has 2 N–H and O–H groups in total. The topological polar surface area (TPSA) is 74.6 Å². The number of aliphatic carboxylic acids is 2. The van der Waals surface area contributed by atoms with Gasteiger partial charge in [0, 0.05) is 6.42 Å². The maximum absolute atomic E-state index is 11.5. The molecule has 0 saturated heterocycles. The van der Waals surface area contributed by atoms with Crippen molar-refractivity contribution >= 4 is 11.9 Å². The summed E-state index contributed by atoms with van der Waals surface area (Å²) in [6, 6.07) is 0. The van der Waals surface area contributed by atoms with Crippen molar-refractivity contribution in [2.75, 3.05) is 0 Å². The molecule has 3 unspecified atom stereocenters. The molecule has 0 radical (unpaired) electrons. The minimum atomic E-state index is -0.723. The summed E-state index contributed by atoms with van der Waals surface area (Å²) < 4.78 is 0. The SMILES string of the molecule is CCCCC1C=CC(CCCCCCCC(=O)O)C(C(=O)O)C1. The van der Waals surface area contributed by atoms with Crippen molar-refractivity contribution in [3.05, 3.63) is 12.2 Å². The van der Waals surface area contributed by atoms with Crippen molar-refractivity contribution in [1.29, 1.82) is 0 Å². The lowest BCUT2D eigenvalue weighted by Gasteiger charge is -2.29. The average Bonchev–Trinajstić information content (AvgIpc) is 2.52. The van der Waals surface area contributed by atoms with Gasteiger partial charge >= 0.3 is 11.9 Å². The van der Waals surface area contributed by atoms with E-state index >= 15 is 0 Å². The molecule has 0 aromatic heterocycles. The van der Waals surface area contributed by atoms with Crippen LogP contribution in [0.25, 0.3) is 0 Å². The Morgan fingerprint density at radius 1 is 0.957 bits per heavy atom. The highest BCUT2D eigenvalue weighted by Gasteiger charge is 2.31. The number of carboxylic acids is 2. The van der Waals surface area contributed by atoms with E-state index < -0.39 is 11.9 Å². The van der Waals surface area contributed by atoms with Gasteiger partial charge in [-0.05, 0) is 37.5 Å². The number of hydrogen-bond donors (Lipinski definition) is 2. The van der Waals surface area contributed by atoms with Crippen molar-refractivity contribution in [3.63, 3.8) is 0 Å². The summed E-state index contributed by atoms with van der Waals surface area (Å²) in [7, 11) is 0. The summed E-state index contributed by atoms with van der Waals surface area (Å²) in [5.74, 6) is -0.997. The van der Waals surface area contributed by atoms with Crippen LogP contribution in [0.2, 0.25) is 0 Å². The molecule has 1 aliphatic rings. The number of unbranched alkanes of at least 4 members (excludes halogenated alkanes) is 5. The van der Waals surface area contributed by atoms with E-state index in [-0.39, 0.29) is 18.3 Å². The first kappa shape index (κ1) is 19.7. The van der Waals surface area contributed by atoms with Crippen LogP contribution in [0.5, 0.6) is 0 Å². The minimum Gasteiger partial charge on any atom is -0.481 e. The third-order valence-electron chi connectivity index (χ3n) is 4.88. The lowest BCUT2D eigenvalue weighted by atomic mass is 9.75. The zero-order valence-electron chi connectivity index (χ0n) is 14.4. The predicted octanol–water partition coefficient (Wildman–Crippen LogP) is 4.89. The maximum Gasteiger partial charge on any atom is 0.307 e. The van der Waals surface area contributed by atoms with Gasteiger partial charge < -0.3 is 10.2 Å². The molecule has 1 aliphatic carbocycles. The van der Waals surface area contributed by atoms with E-state index in [9.17, 15) is 14.7 Å². The molecular formula is C19H32O4.